The number of benzene rings is 1. The van der Waals surface area contributed by atoms with E-state index in [9.17, 15) is 4.79 Å². The lowest BCUT2D eigenvalue weighted by Gasteiger charge is -2.26. The van der Waals surface area contributed by atoms with Crippen LogP contribution in [-0.4, -0.2) is 28.6 Å². The monoisotopic (exact) mass is 472 g/mol. The van der Waals surface area contributed by atoms with Crippen molar-refractivity contribution in [3.63, 3.8) is 0 Å². The number of thiophene rings is 1. The van der Waals surface area contributed by atoms with Gasteiger partial charge in [0.05, 0.1) is 6.04 Å². The second kappa shape index (κ2) is 8.73. The van der Waals surface area contributed by atoms with Crippen LogP contribution >= 0.6 is 27.3 Å². The average molecular weight is 473 g/mol. The van der Waals surface area contributed by atoms with E-state index in [1.54, 1.807) is 0 Å². The molecule has 0 aliphatic carbocycles. The molecule has 1 aromatic carbocycles. The number of amides is 2. The van der Waals surface area contributed by atoms with Crippen molar-refractivity contribution in [3.05, 3.63) is 69.3 Å². The van der Waals surface area contributed by atoms with E-state index in [1.807, 2.05) is 47.7 Å². The lowest BCUT2D eigenvalue weighted by molar-refractivity contribution is 0.249. The zero-order chi connectivity index (χ0) is 20.4. The molecule has 0 radical (unpaired) electrons. The molecule has 0 fully saturated rings. The topological polar surface area (TPSA) is 49.3 Å². The fourth-order valence-electron chi connectivity index (χ4n) is 3.81. The van der Waals surface area contributed by atoms with E-state index in [0.717, 1.165) is 36.2 Å². The molecular weight excluding hydrogens is 448 g/mol. The Labute approximate surface area is 183 Å². The van der Waals surface area contributed by atoms with Gasteiger partial charge >= 0.3 is 6.03 Å². The number of carbonyl (C=O) groups is 1. The summed E-state index contributed by atoms with van der Waals surface area (Å²) in [6.45, 7) is 7.40. The van der Waals surface area contributed by atoms with Gasteiger partial charge in [0.2, 0.25) is 0 Å². The molecule has 0 saturated heterocycles. The first kappa shape index (κ1) is 20.2. The van der Waals surface area contributed by atoms with Crippen molar-refractivity contribution >= 4 is 39.0 Å². The van der Waals surface area contributed by atoms with E-state index in [-0.39, 0.29) is 12.1 Å². The van der Waals surface area contributed by atoms with Gasteiger partial charge in [0.1, 0.15) is 5.00 Å². The van der Waals surface area contributed by atoms with Crippen LogP contribution in [0.2, 0.25) is 0 Å². The van der Waals surface area contributed by atoms with Crippen LogP contribution in [0.25, 0.3) is 5.00 Å². The van der Waals surface area contributed by atoms with Crippen molar-refractivity contribution in [2.45, 2.75) is 32.9 Å². The molecule has 0 saturated carbocycles. The number of carbonyl (C=O) groups excluding carboxylic acids is 1. The maximum absolute atomic E-state index is 12.6. The molecule has 3 heterocycles. The lowest BCUT2D eigenvalue weighted by atomic mass is 9.98. The number of urea groups is 1. The van der Waals surface area contributed by atoms with Crippen LogP contribution in [0.5, 0.6) is 0 Å². The largest absolute Gasteiger partial charge is 0.331 e. The van der Waals surface area contributed by atoms with E-state index >= 15 is 0 Å². The Hall–Kier alpha value is -2.09. The smallest absolute Gasteiger partial charge is 0.319 e. The number of nitrogens with zero attached hydrogens (tertiary/aromatic N) is 2. The molecule has 0 unspecified atom stereocenters. The van der Waals surface area contributed by atoms with E-state index < -0.39 is 0 Å². The zero-order valence-corrected chi connectivity index (χ0v) is 19.0. The summed E-state index contributed by atoms with van der Waals surface area (Å²) in [5, 5.41) is 7.27. The van der Waals surface area contributed by atoms with Gasteiger partial charge < -0.3 is 15.2 Å². The molecule has 2 aromatic heterocycles. The number of hydrogen-bond acceptors (Lipinski definition) is 3. The highest BCUT2D eigenvalue weighted by Gasteiger charge is 2.27. The highest BCUT2D eigenvalue weighted by atomic mass is 79.9. The minimum Gasteiger partial charge on any atom is -0.331 e. The maximum atomic E-state index is 12.6. The van der Waals surface area contributed by atoms with Crippen molar-refractivity contribution in [2.75, 3.05) is 18.4 Å². The Morgan fingerprint density at radius 1 is 1.24 bits per heavy atom. The third-order valence-electron chi connectivity index (χ3n) is 5.33. The first-order valence-corrected chi connectivity index (χ1v) is 11.5. The number of anilines is 1. The van der Waals surface area contributed by atoms with Gasteiger partial charge in [-0.2, -0.15) is 0 Å². The second-order valence-corrected chi connectivity index (χ2v) is 9.26. The number of likely N-dealkylation sites (N-methyl/N-ethyl adjacent to an activating group) is 1. The normalized spacial score (nSPS) is 15.0. The molecule has 2 N–H and O–H groups in total. The van der Waals surface area contributed by atoms with Crippen LogP contribution in [0.3, 0.4) is 0 Å². The Balaban J connectivity index is 1.58. The van der Waals surface area contributed by atoms with Gasteiger partial charge in [-0.15, -0.1) is 11.3 Å². The van der Waals surface area contributed by atoms with E-state index in [1.165, 1.54) is 21.0 Å². The summed E-state index contributed by atoms with van der Waals surface area (Å²) < 4.78 is 3.15. The molecule has 3 aromatic rings. The highest BCUT2D eigenvalue weighted by Crippen LogP contribution is 2.39. The Bertz CT molecular complexity index is 981. The number of fused-ring (bicyclic) bond motifs is 1. The van der Waals surface area contributed by atoms with Gasteiger partial charge in [-0.3, -0.25) is 4.90 Å². The number of halogens is 1. The fraction of sp³-hybridized carbons (Fsp3) is 0.318. The van der Waals surface area contributed by atoms with Crippen LogP contribution in [0.1, 0.15) is 35.9 Å². The quantitative estimate of drug-likeness (QED) is 0.510. The van der Waals surface area contributed by atoms with Gasteiger partial charge in [0.15, 0.2) is 0 Å². The molecule has 1 atom stereocenters. The van der Waals surface area contributed by atoms with Crippen LogP contribution in [-0.2, 0) is 13.0 Å². The molecule has 4 rings (SSSR count). The third kappa shape index (κ3) is 4.42. The third-order valence-corrected chi connectivity index (χ3v) is 7.10. The molecule has 1 aliphatic heterocycles. The van der Waals surface area contributed by atoms with Gasteiger partial charge in [-0.1, -0.05) is 22.9 Å². The fourth-order valence-corrected chi connectivity index (χ4v) is 5.53. The first-order valence-electron chi connectivity index (χ1n) is 9.88. The van der Waals surface area contributed by atoms with Gasteiger partial charge in [0.25, 0.3) is 0 Å². The standard InChI is InChI=1S/C22H25BrN4OS/c1-3-26-13-10-18-19(14-26)29-21(27-11-4-5-12-27)20(18)15(2)24-22(28)25-17-8-6-16(23)7-9-17/h4-9,11-12,15H,3,10,13-14H2,1-2H3,(H2,24,25,28)/t15-/m1/s1. The summed E-state index contributed by atoms with van der Waals surface area (Å²) >= 11 is 5.26. The summed E-state index contributed by atoms with van der Waals surface area (Å²) in [4.78, 5) is 16.5. The van der Waals surface area contributed by atoms with Crippen molar-refractivity contribution in [2.24, 2.45) is 0 Å². The van der Waals surface area contributed by atoms with Crippen molar-refractivity contribution in [1.82, 2.24) is 14.8 Å². The van der Waals surface area contributed by atoms with Crippen molar-refractivity contribution in [3.8, 4) is 5.00 Å². The van der Waals surface area contributed by atoms with Gasteiger partial charge in [0, 0.05) is 46.1 Å². The molecule has 1 aliphatic rings. The SMILES string of the molecule is CCN1CCc2c(sc(-n3cccc3)c2[C@@H](C)NC(=O)Nc2ccc(Br)cc2)C1. The summed E-state index contributed by atoms with van der Waals surface area (Å²) in [6, 6.07) is 11.4. The van der Waals surface area contributed by atoms with E-state index in [0.29, 0.717) is 0 Å². The predicted octanol–water partition coefficient (Wildman–Crippen LogP) is 5.56. The number of rotatable bonds is 5. The summed E-state index contributed by atoms with van der Waals surface area (Å²) in [6.07, 6.45) is 5.18. The van der Waals surface area contributed by atoms with E-state index in [2.05, 4.69) is 62.3 Å². The minimum absolute atomic E-state index is 0.0870. The lowest BCUT2D eigenvalue weighted by Crippen LogP contribution is -2.33. The summed E-state index contributed by atoms with van der Waals surface area (Å²) in [5.74, 6) is 0. The zero-order valence-electron chi connectivity index (χ0n) is 16.6. The first-order chi connectivity index (χ1) is 14.0. The molecular formula is C22H25BrN4OS. The Morgan fingerprint density at radius 3 is 2.66 bits per heavy atom. The number of nitrogens with one attached hydrogen (secondary N) is 2. The van der Waals surface area contributed by atoms with Crippen LogP contribution in [0.4, 0.5) is 10.5 Å². The molecule has 7 heteroatoms. The highest BCUT2D eigenvalue weighted by molar-refractivity contribution is 9.10. The number of hydrogen-bond donors (Lipinski definition) is 2. The molecule has 5 nitrogen and oxygen atoms in total. The Morgan fingerprint density at radius 2 is 1.97 bits per heavy atom. The molecule has 0 bridgehead atoms. The van der Waals surface area contributed by atoms with Crippen molar-refractivity contribution < 1.29 is 4.79 Å². The van der Waals surface area contributed by atoms with Crippen LogP contribution in [0.15, 0.2) is 53.3 Å². The average Bonchev–Trinajstić information content (AvgIpc) is 3.36. The minimum atomic E-state index is -0.191. The molecule has 2 amide bonds. The summed E-state index contributed by atoms with van der Waals surface area (Å²) in [5.41, 5.74) is 3.41. The maximum Gasteiger partial charge on any atom is 0.319 e. The molecule has 152 valence electrons. The predicted molar refractivity (Wildman–Crippen MR) is 123 cm³/mol. The van der Waals surface area contributed by atoms with Crippen LogP contribution in [0, 0.1) is 0 Å². The summed E-state index contributed by atoms with van der Waals surface area (Å²) in [7, 11) is 0. The van der Waals surface area contributed by atoms with Gasteiger partial charge in [-0.05, 0) is 61.9 Å². The molecule has 29 heavy (non-hydrogen) atoms. The van der Waals surface area contributed by atoms with E-state index in [4.69, 9.17) is 0 Å². The van der Waals surface area contributed by atoms with Crippen molar-refractivity contribution in [1.29, 1.82) is 0 Å². The second-order valence-electron chi connectivity index (χ2n) is 7.26. The van der Waals surface area contributed by atoms with Gasteiger partial charge in [-0.25, -0.2) is 4.79 Å². The Kier molecular flexibility index (Phi) is 6.08. The molecule has 0 spiro atoms. The number of aromatic nitrogens is 1. The van der Waals surface area contributed by atoms with Crippen LogP contribution < -0.4 is 10.6 Å².